The largest absolute Gasteiger partial charge is 0.359 e. The van der Waals surface area contributed by atoms with Crippen molar-refractivity contribution in [2.24, 2.45) is 0 Å². The van der Waals surface area contributed by atoms with E-state index in [1.54, 1.807) is 0 Å². The van der Waals surface area contributed by atoms with Crippen molar-refractivity contribution in [3.8, 4) is 0 Å². The van der Waals surface area contributed by atoms with Gasteiger partial charge in [-0.3, -0.25) is 9.26 Å². The lowest BCUT2D eigenvalue weighted by molar-refractivity contribution is -0.808. The van der Waals surface area contributed by atoms with Gasteiger partial charge in [0.05, 0.1) is 10.3 Å². The summed E-state index contributed by atoms with van der Waals surface area (Å²) in [4.78, 5) is 18.4. The van der Waals surface area contributed by atoms with Gasteiger partial charge in [0.15, 0.2) is 10.3 Å². The van der Waals surface area contributed by atoms with Crippen molar-refractivity contribution in [3.63, 3.8) is 0 Å². The van der Waals surface area contributed by atoms with E-state index in [0.717, 1.165) is 48.5 Å². The van der Waals surface area contributed by atoms with Gasteiger partial charge in [0, 0.05) is 59.1 Å². The van der Waals surface area contributed by atoms with Crippen LogP contribution in [0.5, 0.6) is 0 Å². The number of aryl methyl sites for hydroxylation is 4. The Kier molecular flexibility index (Phi) is 8.36. The van der Waals surface area contributed by atoms with E-state index in [-0.39, 0.29) is 0 Å². The third-order valence-corrected chi connectivity index (χ3v) is 6.94. The van der Waals surface area contributed by atoms with Crippen LogP contribution in [0.25, 0.3) is 0 Å². The summed E-state index contributed by atoms with van der Waals surface area (Å²) in [5.41, 5.74) is 4.32. The Morgan fingerprint density at radius 2 is 1.00 bits per heavy atom. The first-order valence-corrected chi connectivity index (χ1v) is 13.1. The number of unbranched alkanes of at least 4 members (excludes halogenated alkanes) is 3. The maximum atomic E-state index is 12.1. The van der Waals surface area contributed by atoms with Gasteiger partial charge in [-0.2, -0.15) is 0 Å². The van der Waals surface area contributed by atoms with Gasteiger partial charge in [-0.15, -0.1) is 0 Å². The van der Waals surface area contributed by atoms with E-state index in [9.17, 15) is 10.4 Å². The second kappa shape index (κ2) is 11.6. The van der Waals surface area contributed by atoms with Crippen LogP contribution < -0.4 is 9.81 Å². The molecule has 12 nitrogen and oxygen atoms in total. The summed E-state index contributed by atoms with van der Waals surface area (Å²) in [7, 11) is 0. The molecule has 0 radical (unpaired) electrons. The Morgan fingerprint density at radius 1 is 0.639 bits per heavy atom. The molecule has 0 spiro atoms. The van der Waals surface area contributed by atoms with E-state index in [1.807, 2.05) is 39.8 Å². The molecule has 0 N–H and O–H groups in total. The molecule has 0 atom stereocenters. The smallest absolute Gasteiger partial charge is 0.285 e. The summed E-state index contributed by atoms with van der Waals surface area (Å²) >= 11 is 2.44. The summed E-state index contributed by atoms with van der Waals surface area (Å²) in [5, 5.41) is 33.9. The first-order chi connectivity index (χ1) is 17.3. The van der Waals surface area contributed by atoms with Gasteiger partial charge in [-0.1, -0.05) is 12.8 Å². The third kappa shape index (κ3) is 6.69. The fraction of sp³-hybridized carbons (Fsp3) is 0.455. The van der Waals surface area contributed by atoms with Crippen molar-refractivity contribution in [1.82, 2.24) is 30.2 Å². The van der Waals surface area contributed by atoms with Gasteiger partial charge >= 0.3 is 0 Å². The first kappa shape index (κ1) is 25.8. The van der Waals surface area contributed by atoms with Crippen molar-refractivity contribution < 1.29 is 19.1 Å². The van der Waals surface area contributed by atoms with Gasteiger partial charge in [-0.05, 0) is 62.5 Å². The highest BCUT2D eigenvalue weighted by Gasteiger charge is 2.23. The zero-order valence-corrected chi connectivity index (χ0v) is 22.1. The molecule has 190 valence electrons. The minimum absolute atomic E-state index is 0.445. The Morgan fingerprint density at radius 3 is 1.36 bits per heavy atom. The van der Waals surface area contributed by atoms with Crippen LogP contribution in [0.3, 0.4) is 0 Å². The van der Waals surface area contributed by atoms with Crippen molar-refractivity contribution in [2.75, 3.05) is 0 Å². The van der Waals surface area contributed by atoms with Crippen LogP contribution in [0.15, 0.2) is 41.8 Å². The third-order valence-electron chi connectivity index (χ3n) is 5.21. The summed E-state index contributed by atoms with van der Waals surface area (Å²) in [6.07, 6.45) is 4.29. The molecular formula is C22H26N8O4S2. The molecule has 4 rings (SSSR count). The molecule has 0 unspecified atom stereocenters. The predicted octanol–water partition coefficient (Wildman–Crippen LogP) is 3.39. The van der Waals surface area contributed by atoms with Crippen LogP contribution >= 0.6 is 23.5 Å². The van der Waals surface area contributed by atoms with E-state index in [2.05, 4.69) is 30.2 Å². The number of hydrogen-bond donors (Lipinski definition) is 0. The number of hydrogen-bond acceptors (Lipinski definition) is 12. The molecule has 0 aliphatic carbocycles. The number of aromatic nitrogens is 8. The molecule has 4 heterocycles. The lowest BCUT2D eigenvalue weighted by Gasteiger charge is -2.02. The topological polar surface area (TPSA) is 158 Å². The maximum absolute atomic E-state index is 12.1. The molecule has 4 aromatic heterocycles. The molecule has 14 heteroatoms. The van der Waals surface area contributed by atoms with E-state index >= 15 is 0 Å². The monoisotopic (exact) mass is 530 g/mol. The molecule has 0 amide bonds. The zero-order chi connectivity index (χ0) is 25.7. The standard InChI is InChI=1S/C22H26N8O4S2/c1-13-11-14(2)24-21(23-13)35-19-17(29(31)33-27-19)9-7-5-6-8-10-18-20(28-34-30(18)32)36-22-25-15(3)12-16(4)26-22/h11-12H,5-10H2,1-4H3. The lowest BCUT2D eigenvalue weighted by Crippen LogP contribution is -2.28. The van der Waals surface area contributed by atoms with Crippen LogP contribution in [0, 0.1) is 38.1 Å². The Bertz CT molecular complexity index is 1200. The van der Waals surface area contributed by atoms with Crippen LogP contribution in [-0.4, -0.2) is 30.2 Å². The number of rotatable bonds is 11. The molecule has 0 saturated carbocycles. The van der Waals surface area contributed by atoms with Gasteiger partial charge in [-0.25, -0.2) is 19.9 Å². The van der Waals surface area contributed by atoms with Gasteiger partial charge in [0.1, 0.15) is 0 Å². The second-order valence-electron chi connectivity index (χ2n) is 8.35. The molecular weight excluding hydrogens is 504 g/mol. The van der Waals surface area contributed by atoms with Crippen molar-refractivity contribution in [2.45, 2.75) is 86.6 Å². The van der Waals surface area contributed by atoms with Gasteiger partial charge in [0.25, 0.3) is 10.1 Å². The predicted molar refractivity (Wildman–Crippen MR) is 128 cm³/mol. The average Bonchev–Trinajstić information content (AvgIpc) is 3.31. The summed E-state index contributed by atoms with van der Waals surface area (Å²) in [6, 6.07) is 3.77. The van der Waals surface area contributed by atoms with Crippen LogP contribution in [0.2, 0.25) is 0 Å². The van der Waals surface area contributed by atoms with Crippen molar-refractivity contribution in [3.05, 3.63) is 56.7 Å². The first-order valence-electron chi connectivity index (χ1n) is 11.5. The second-order valence-corrected chi connectivity index (χ2v) is 10.3. The maximum Gasteiger partial charge on any atom is 0.285 e. The van der Waals surface area contributed by atoms with Gasteiger partial charge in [0.2, 0.25) is 11.4 Å². The normalized spacial score (nSPS) is 11.3. The average molecular weight is 531 g/mol. The highest BCUT2D eigenvalue weighted by Crippen LogP contribution is 2.27. The molecule has 36 heavy (non-hydrogen) atoms. The molecule has 0 aliphatic heterocycles. The summed E-state index contributed by atoms with van der Waals surface area (Å²) < 4.78 is 9.63. The molecule has 0 bridgehead atoms. The summed E-state index contributed by atoms with van der Waals surface area (Å²) in [6.45, 7) is 7.57. The lowest BCUT2D eigenvalue weighted by atomic mass is 10.1. The van der Waals surface area contributed by atoms with E-state index < -0.39 is 0 Å². The SMILES string of the molecule is Cc1cc(C)nc(Sc2no[n+]([O-])c2CCCCCCc2c(Sc3nc(C)cc(C)n3)no[n+]2[O-])n1. The molecule has 0 aromatic carbocycles. The Hall–Kier alpha value is -3.26. The fourth-order valence-electron chi connectivity index (χ4n) is 3.65. The Balaban J connectivity index is 1.27. The minimum atomic E-state index is 0.445. The molecule has 0 aliphatic rings. The molecule has 4 aromatic rings. The minimum Gasteiger partial charge on any atom is -0.359 e. The van der Waals surface area contributed by atoms with Crippen LogP contribution in [0.1, 0.15) is 59.8 Å². The van der Waals surface area contributed by atoms with E-state index in [0.29, 0.717) is 54.4 Å². The van der Waals surface area contributed by atoms with E-state index in [4.69, 9.17) is 9.26 Å². The Labute approximate surface area is 216 Å². The van der Waals surface area contributed by atoms with Crippen LogP contribution in [0.4, 0.5) is 0 Å². The highest BCUT2D eigenvalue weighted by molar-refractivity contribution is 7.99. The molecule has 0 saturated heterocycles. The van der Waals surface area contributed by atoms with Crippen LogP contribution in [-0.2, 0) is 12.8 Å². The summed E-state index contributed by atoms with van der Waals surface area (Å²) in [5.74, 6) is 0. The van der Waals surface area contributed by atoms with Crippen molar-refractivity contribution in [1.29, 1.82) is 0 Å². The van der Waals surface area contributed by atoms with Gasteiger partial charge < -0.3 is 10.4 Å². The fourth-order valence-corrected chi connectivity index (χ4v) is 5.48. The molecule has 0 fully saturated rings. The van der Waals surface area contributed by atoms with Crippen molar-refractivity contribution >= 4 is 23.5 Å². The zero-order valence-electron chi connectivity index (χ0n) is 20.4. The number of nitrogens with zero attached hydrogens (tertiary/aromatic N) is 8. The van der Waals surface area contributed by atoms with E-state index in [1.165, 1.54) is 23.5 Å². The quantitative estimate of drug-likeness (QED) is 0.158. The highest BCUT2D eigenvalue weighted by atomic mass is 32.2.